The molecule has 0 bridgehead atoms. The van der Waals surface area contributed by atoms with Gasteiger partial charge in [0.25, 0.3) is 0 Å². The average Bonchev–Trinajstić information content (AvgIpc) is 1.59. The van der Waals surface area contributed by atoms with Gasteiger partial charge in [-0.25, -0.2) is 5.01 Å². The van der Waals surface area contributed by atoms with Gasteiger partial charge in [0, 0.05) is 23.6 Å². The summed E-state index contributed by atoms with van der Waals surface area (Å²) in [6.07, 6.45) is 0. The Morgan fingerprint density at radius 2 is 1.78 bits per heavy atom. The molecule has 1 rings (SSSR count). The number of hydrazine groups is 1. The van der Waals surface area contributed by atoms with Crippen LogP contribution in [0, 0.1) is 0 Å². The maximum atomic E-state index is 5.64. The van der Waals surface area contributed by atoms with E-state index < -0.39 is 0 Å². The summed E-state index contributed by atoms with van der Waals surface area (Å²) in [5, 5.41) is 3.32. The molecule has 2 atom stereocenters. The van der Waals surface area contributed by atoms with E-state index in [9.17, 15) is 0 Å². The average molecular weight is 146 g/mol. The fraction of sp³-hybridized carbons (Fsp3) is 1.00. The normalized spacial score (nSPS) is 39.0. The van der Waals surface area contributed by atoms with Crippen molar-refractivity contribution in [1.29, 1.82) is 0 Å². The molecule has 0 saturated carbocycles. The highest BCUT2D eigenvalue weighted by molar-refractivity contribution is 8.00. The second kappa shape index (κ2) is 2.90. The Balaban J connectivity index is 2.34. The molecule has 1 saturated heterocycles. The van der Waals surface area contributed by atoms with E-state index in [1.165, 1.54) is 0 Å². The molecule has 2 nitrogen and oxygen atoms in total. The van der Waals surface area contributed by atoms with E-state index in [1.54, 1.807) is 0 Å². The molecule has 0 aromatic rings. The van der Waals surface area contributed by atoms with Crippen LogP contribution in [-0.2, 0) is 0 Å². The van der Waals surface area contributed by atoms with E-state index >= 15 is 0 Å². The highest BCUT2D eigenvalue weighted by Gasteiger charge is 2.19. The second-order valence-corrected chi connectivity index (χ2v) is 4.59. The molecule has 9 heavy (non-hydrogen) atoms. The van der Waals surface area contributed by atoms with Crippen molar-refractivity contribution in [2.75, 3.05) is 13.1 Å². The number of hydrogen-bond donors (Lipinski definition) is 1. The minimum atomic E-state index is 0.707. The van der Waals surface area contributed by atoms with Crippen molar-refractivity contribution in [2.24, 2.45) is 5.84 Å². The first kappa shape index (κ1) is 7.38. The van der Waals surface area contributed by atoms with E-state index in [-0.39, 0.29) is 0 Å². The topological polar surface area (TPSA) is 29.3 Å². The quantitative estimate of drug-likeness (QED) is 0.510. The van der Waals surface area contributed by atoms with Gasteiger partial charge in [-0.3, -0.25) is 5.84 Å². The smallest absolute Gasteiger partial charge is 0.0245 e. The lowest BCUT2D eigenvalue weighted by molar-refractivity contribution is 0.280. The Labute approximate surface area is 60.8 Å². The number of thioether (sulfide) groups is 1. The van der Waals surface area contributed by atoms with Crippen molar-refractivity contribution in [3.63, 3.8) is 0 Å². The van der Waals surface area contributed by atoms with Crippen molar-refractivity contribution in [2.45, 2.75) is 24.3 Å². The third kappa shape index (κ3) is 2.16. The lowest BCUT2D eigenvalue weighted by Gasteiger charge is -2.30. The minimum Gasteiger partial charge on any atom is -0.269 e. The molecule has 1 aliphatic heterocycles. The number of nitrogens with two attached hydrogens (primary N) is 1. The van der Waals surface area contributed by atoms with Crippen LogP contribution in [0.3, 0.4) is 0 Å². The van der Waals surface area contributed by atoms with Crippen molar-refractivity contribution >= 4 is 11.8 Å². The zero-order valence-corrected chi connectivity index (χ0v) is 6.82. The van der Waals surface area contributed by atoms with Crippen LogP contribution in [-0.4, -0.2) is 28.6 Å². The van der Waals surface area contributed by atoms with Gasteiger partial charge in [-0.15, -0.1) is 0 Å². The second-order valence-electron chi connectivity index (χ2n) is 2.71. The van der Waals surface area contributed by atoms with Gasteiger partial charge in [-0.05, 0) is 0 Å². The Morgan fingerprint density at radius 3 is 2.11 bits per heavy atom. The molecule has 2 unspecified atom stereocenters. The van der Waals surface area contributed by atoms with Gasteiger partial charge in [0.15, 0.2) is 0 Å². The van der Waals surface area contributed by atoms with Crippen molar-refractivity contribution in [3.8, 4) is 0 Å². The number of hydrogen-bond acceptors (Lipinski definition) is 3. The third-order valence-corrected chi connectivity index (χ3v) is 2.68. The molecule has 0 radical (unpaired) electrons. The molecular formula is C6H14N2S. The van der Waals surface area contributed by atoms with Gasteiger partial charge >= 0.3 is 0 Å². The predicted molar refractivity (Wildman–Crippen MR) is 42.3 cm³/mol. The van der Waals surface area contributed by atoms with Crippen LogP contribution in [0.4, 0.5) is 0 Å². The largest absolute Gasteiger partial charge is 0.269 e. The van der Waals surface area contributed by atoms with Gasteiger partial charge in [-0.2, -0.15) is 11.8 Å². The monoisotopic (exact) mass is 146 g/mol. The zero-order chi connectivity index (χ0) is 6.85. The van der Waals surface area contributed by atoms with Crippen LogP contribution < -0.4 is 5.84 Å². The summed E-state index contributed by atoms with van der Waals surface area (Å²) in [4.78, 5) is 0. The van der Waals surface area contributed by atoms with E-state index in [0.29, 0.717) is 10.5 Å². The summed E-state index contributed by atoms with van der Waals surface area (Å²) in [5.74, 6) is 5.64. The van der Waals surface area contributed by atoms with Gasteiger partial charge in [0.2, 0.25) is 0 Å². The molecule has 1 aliphatic rings. The lowest BCUT2D eigenvalue weighted by Crippen LogP contribution is -2.44. The molecule has 2 N–H and O–H groups in total. The van der Waals surface area contributed by atoms with Gasteiger partial charge in [0.1, 0.15) is 0 Å². The predicted octanol–water partition coefficient (Wildman–Crippen LogP) is 0.686. The Hall–Kier alpha value is 0.270. The fourth-order valence-corrected chi connectivity index (χ4v) is 2.57. The molecule has 54 valence electrons. The number of nitrogens with zero attached hydrogens (tertiary/aromatic N) is 1. The first-order chi connectivity index (χ1) is 4.18. The number of rotatable bonds is 0. The maximum absolute atomic E-state index is 5.64. The Kier molecular flexibility index (Phi) is 2.38. The van der Waals surface area contributed by atoms with Crippen molar-refractivity contribution in [1.82, 2.24) is 5.01 Å². The molecule has 1 heterocycles. The highest BCUT2D eigenvalue weighted by Crippen LogP contribution is 2.22. The Bertz CT molecular complexity index is 72.0. The Morgan fingerprint density at radius 1 is 1.33 bits per heavy atom. The summed E-state index contributed by atoms with van der Waals surface area (Å²) in [5.41, 5.74) is 0. The third-order valence-electron chi connectivity index (χ3n) is 1.45. The van der Waals surface area contributed by atoms with Gasteiger partial charge < -0.3 is 0 Å². The summed E-state index contributed by atoms with van der Waals surface area (Å²) < 4.78 is 0. The van der Waals surface area contributed by atoms with Crippen LogP contribution in [0.5, 0.6) is 0 Å². The van der Waals surface area contributed by atoms with Crippen LogP contribution in [0.2, 0.25) is 0 Å². The maximum Gasteiger partial charge on any atom is 0.0245 e. The van der Waals surface area contributed by atoms with Crippen LogP contribution in [0.15, 0.2) is 0 Å². The van der Waals surface area contributed by atoms with Crippen molar-refractivity contribution < 1.29 is 0 Å². The summed E-state index contributed by atoms with van der Waals surface area (Å²) in [6.45, 7) is 6.52. The van der Waals surface area contributed by atoms with Gasteiger partial charge in [-0.1, -0.05) is 13.8 Å². The molecule has 0 aliphatic carbocycles. The SMILES string of the molecule is CC1CN(N)CC(C)S1. The molecule has 1 fully saturated rings. The van der Waals surface area contributed by atoms with Crippen LogP contribution in [0.1, 0.15) is 13.8 Å². The zero-order valence-electron chi connectivity index (χ0n) is 6.00. The summed E-state index contributed by atoms with van der Waals surface area (Å²) >= 11 is 2.02. The highest BCUT2D eigenvalue weighted by atomic mass is 32.2. The molecule has 0 spiro atoms. The van der Waals surface area contributed by atoms with E-state index in [0.717, 1.165) is 13.1 Å². The van der Waals surface area contributed by atoms with E-state index in [1.807, 2.05) is 16.8 Å². The van der Waals surface area contributed by atoms with Crippen molar-refractivity contribution in [3.05, 3.63) is 0 Å². The lowest BCUT2D eigenvalue weighted by atomic mass is 10.4. The molecule has 0 amide bonds. The summed E-state index contributed by atoms with van der Waals surface area (Å²) in [6, 6.07) is 0. The van der Waals surface area contributed by atoms with E-state index in [4.69, 9.17) is 5.84 Å². The summed E-state index contributed by atoms with van der Waals surface area (Å²) in [7, 11) is 0. The molecular weight excluding hydrogens is 132 g/mol. The fourth-order valence-electron chi connectivity index (χ4n) is 1.22. The first-order valence-electron chi connectivity index (χ1n) is 3.33. The van der Waals surface area contributed by atoms with E-state index in [2.05, 4.69) is 13.8 Å². The van der Waals surface area contributed by atoms with Crippen LogP contribution in [0.25, 0.3) is 0 Å². The van der Waals surface area contributed by atoms with Crippen LogP contribution >= 0.6 is 11.8 Å². The first-order valence-corrected chi connectivity index (χ1v) is 4.28. The molecule has 0 aromatic heterocycles. The standard InChI is InChI=1S/C6H14N2S/c1-5-3-8(7)4-6(2)9-5/h5-6H,3-4,7H2,1-2H3. The van der Waals surface area contributed by atoms with Gasteiger partial charge in [0.05, 0.1) is 0 Å². The minimum absolute atomic E-state index is 0.707. The molecule has 3 heteroatoms. The molecule has 0 aromatic carbocycles.